The van der Waals surface area contributed by atoms with Crippen LogP contribution in [0, 0.1) is 6.92 Å². The first-order valence-electron chi connectivity index (χ1n) is 4.69. The van der Waals surface area contributed by atoms with Gasteiger partial charge < -0.3 is 10.6 Å². The monoisotopic (exact) mass is 190 g/mol. The van der Waals surface area contributed by atoms with Gasteiger partial charge in [0.1, 0.15) is 0 Å². The highest BCUT2D eigenvalue weighted by atomic mass is 15.0. The number of rotatable bonds is 3. The van der Waals surface area contributed by atoms with Gasteiger partial charge in [0.15, 0.2) is 0 Å². The Morgan fingerprint density at radius 2 is 2.07 bits per heavy atom. The van der Waals surface area contributed by atoms with Gasteiger partial charge in [-0.15, -0.1) is 0 Å². The second kappa shape index (κ2) is 4.29. The van der Waals surface area contributed by atoms with Crippen molar-refractivity contribution >= 4 is 11.3 Å². The van der Waals surface area contributed by atoms with Gasteiger partial charge in [-0.1, -0.05) is 18.2 Å². The number of nitrogens with zero attached hydrogens (tertiary/aromatic N) is 1. The van der Waals surface area contributed by atoms with Crippen LogP contribution in [-0.4, -0.2) is 25.5 Å². The summed E-state index contributed by atoms with van der Waals surface area (Å²) in [4.78, 5) is 2.09. The number of likely N-dealkylation sites (N-methyl/N-ethyl adjacent to an activating group) is 1. The summed E-state index contributed by atoms with van der Waals surface area (Å²) in [5.74, 6) is 0. The first-order chi connectivity index (χ1) is 6.50. The van der Waals surface area contributed by atoms with E-state index in [0.29, 0.717) is 0 Å². The van der Waals surface area contributed by atoms with Crippen LogP contribution in [0.4, 0.5) is 5.69 Å². The van der Waals surface area contributed by atoms with E-state index in [4.69, 9.17) is 5.73 Å². The Kier molecular flexibility index (Phi) is 3.31. The second-order valence-electron chi connectivity index (χ2n) is 3.93. The van der Waals surface area contributed by atoms with E-state index in [1.165, 1.54) is 5.56 Å². The molecule has 14 heavy (non-hydrogen) atoms. The quantitative estimate of drug-likeness (QED) is 0.740. The molecule has 0 amide bonds. The van der Waals surface area contributed by atoms with Gasteiger partial charge in [0.05, 0.1) is 0 Å². The second-order valence-corrected chi connectivity index (χ2v) is 3.93. The van der Waals surface area contributed by atoms with Gasteiger partial charge in [-0.05, 0) is 38.7 Å². The van der Waals surface area contributed by atoms with Crippen molar-refractivity contribution in [1.82, 2.24) is 4.90 Å². The van der Waals surface area contributed by atoms with Gasteiger partial charge in [0, 0.05) is 17.8 Å². The van der Waals surface area contributed by atoms with Crippen LogP contribution in [0.2, 0.25) is 0 Å². The number of nitrogens with two attached hydrogens (primary N) is 1. The van der Waals surface area contributed by atoms with Crippen LogP contribution in [0.1, 0.15) is 11.1 Å². The Balaban J connectivity index is 2.94. The molecule has 2 N–H and O–H groups in total. The van der Waals surface area contributed by atoms with E-state index >= 15 is 0 Å². The van der Waals surface area contributed by atoms with Crippen LogP contribution in [0.15, 0.2) is 24.8 Å². The fourth-order valence-corrected chi connectivity index (χ4v) is 1.44. The Morgan fingerprint density at radius 1 is 1.43 bits per heavy atom. The predicted molar refractivity (Wildman–Crippen MR) is 63.2 cm³/mol. The zero-order valence-corrected chi connectivity index (χ0v) is 9.17. The Bertz CT molecular complexity index is 340. The lowest BCUT2D eigenvalue weighted by molar-refractivity contribution is 0.463. The number of aryl methyl sites for hydroxylation is 1. The van der Waals surface area contributed by atoms with E-state index < -0.39 is 0 Å². The first-order valence-corrected chi connectivity index (χ1v) is 4.69. The average molecular weight is 190 g/mol. The van der Waals surface area contributed by atoms with E-state index in [0.717, 1.165) is 23.4 Å². The molecule has 1 aromatic carbocycles. The van der Waals surface area contributed by atoms with Crippen LogP contribution >= 0.6 is 0 Å². The summed E-state index contributed by atoms with van der Waals surface area (Å²) in [6.07, 6.45) is 0. The molecule has 0 heterocycles. The number of anilines is 1. The first kappa shape index (κ1) is 10.8. The van der Waals surface area contributed by atoms with Gasteiger partial charge >= 0.3 is 0 Å². The summed E-state index contributed by atoms with van der Waals surface area (Å²) in [5, 5.41) is 0. The molecule has 0 aliphatic carbocycles. The average Bonchev–Trinajstić information content (AvgIpc) is 2.08. The van der Waals surface area contributed by atoms with Crippen LogP contribution in [0.3, 0.4) is 0 Å². The van der Waals surface area contributed by atoms with Crippen LogP contribution in [-0.2, 0) is 0 Å². The van der Waals surface area contributed by atoms with E-state index in [1.54, 1.807) is 0 Å². The maximum atomic E-state index is 5.89. The lowest BCUT2D eigenvalue weighted by Crippen LogP contribution is -2.14. The molecule has 76 valence electrons. The molecular formula is C12H18N2. The molecule has 1 aromatic rings. The van der Waals surface area contributed by atoms with E-state index in [-0.39, 0.29) is 0 Å². The van der Waals surface area contributed by atoms with Crippen molar-refractivity contribution in [1.29, 1.82) is 0 Å². The Morgan fingerprint density at radius 3 is 2.64 bits per heavy atom. The van der Waals surface area contributed by atoms with E-state index in [9.17, 15) is 0 Å². The number of hydrogen-bond donors (Lipinski definition) is 1. The Labute approximate surface area is 86.0 Å². The Hall–Kier alpha value is -1.28. The molecule has 0 bridgehead atoms. The zero-order chi connectivity index (χ0) is 10.7. The van der Waals surface area contributed by atoms with Crippen LogP contribution in [0.5, 0.6) is 0 Å². The molecule has 0 saturated carbocycles. The molecule has 0 atom stereocenters. The van der Waals surface area contributed by atoms with Crippen LogP contribution < -0.4 is 5.73 Å². The minimum atomic E-state index is 0.808. The van der Waals surface area contributed by atoms with Gasteiger partial charge in [0.25, 0.3) is 0 Å². The van der Waals surface area contributed by atoms with Crippen molar-refractivity contribution in [3.8, 4) is 0 Å². The number of benzene rings is 1. The fraction of sp³-hybridized carbons (Fsp3) is 0.333. The maximum absolute atomic E-state index is 5.89. The van der Waals surface area contributed by atoms with Gasteiger partial charge in [-0.2, -0.15) is 0 Å². The number of nitrogen functional groups attached to an aromatic ring is 1. The highest BCUT2D eigenvalue weighted by Gasteiger charge is 2.04. The van der Waals surface area contributed by atoms with Gasteiger partial charge in [-0.3, -0.25) is 0 Å². The smallest absolute Gasteiger partial charge is 0.0390 e. The molecule has 0 spiro atoms. The van der Waals surface area contributed by atoms with Crippen molar-refractivity contribution in [2.24, 2.45) is 0 Å². The lowest BCUT2D eigenvalue weighted by Gasteiger charge is -2.14. The van der Waals surface area contributed by atoms with Crippen molar-refractivity contribution in [2.45, 2.75) is 6.92 Å². The molecule has 2 heteroatoms. The standard InChI is InChI=1S/C12H18N2/c1-9-5-6-12(13)11(7-9)10(2)8-14(3)4/h5-7H,2,8,13H2,1,3-4H3. The largest absolute Gasteiger partial charge is 0.398 e. The fourth-order valence-electron chi connectivity index (χ4n) is 1.44. The minimum absolute atomic E-state index is 0.808. The molecule has 0 aliphatic heterocycles. The molecule has 0 aliphatic rings. The third kappa shape index (κ3) is 2.60. The lowest BCUT2D eigenvalue weighted by atomic mass is 10.0. The maximum Gasteiger partial charge on any atom is 0.0390 e. The summed E-state index contributed by atoms with van der Waals surface area (Å²) >= 11 is 0. The van der Waals surface area contributed by atoms with E-state index in [1.807, 2.05) is 26.2 Å². The zero-order valence-electron chi connectivity index (χ0n) is 9.17. The summed E-state index contributed by atoms with van der Waals surface area (Å²) in [5.41, 5.74) is 10.0. The van der Waals surface area contributed by atoms with Crippen LogP contribution in [0.25, 0.3) is 5.57 Å². The third-order valence-electron chi connectivity index (χ3n) is 2.10. The molecule has 1 rings (SSSR count). The number of hydrogen-bond acceptors (Lipinski definition) is 2. The van der Waals surface area contributed by atoms with Gasteiger partial charge in [-0.25, -0.2) is 0 Å². The normalized spacial score (nSPS) is 10.6. The minimum Gasteiger partial charge on any atom is -0.398 e. The molecule has 0 aromatic heterocycles. The summed E-state index contributed by atoms with van der Waals surface area (Å²) in [6, 6.07) is 6.04. The summed E-state index contributed by atoms with van der Waals surface area (Å²) < 4.78 is 0. The molecule has 0 unspecified atom stereocenters. The van der Waals surface area contributed by atoms with Crippen molar-refractivity contribution in [3.63, 3.8) is 0 Å². The highest BCUT2D eigenvalue weighted by molar-refractivity contribution is 5.75. The molecule has 0 radical (unpaired) electrons. The SMILES string of the molecule is C=C(CN(C)C)c1cc(C)ccc1N. The van der Waals surface area contributed by atoms with E-state index in [2.05, 4.69) is 24.5 Å². The van der Waals surface area contributed by atoms with Gasteiger partial charge in [0.2, 0.25) is 0 Å². The molecule has 2 nitrogen and oxygen atoms in total. The predicted octanol–water partition coefficient (Wildman–Crippen LogP) is 2.15. The summed E-state index contributed by atoms with van der Waals surface area (Å²) in [6.45, 7) is 6.95. The molecular weight excluding hydrogens is 172 g/mol. The molecule has 0 fully saturated rings. The van der Waals surface area contributed by atoms with Crippen molar-refractivity contribution < 1.29 is 0 Å². The van der Waals surface area contributed by atoms with Crippen molar-refractivity contribution in [2.75, 3.05) is 26.4 Å². The van der Waals surface area contributed by atoms with Crippen molar-refractivity contribution in [3.05, 3.63) is 35.9 Å². The third-order valence-corrected chi connectivity index (χ3v) is 2.10. The molecule has 0 saturated heterocycles. The highest BCUT2D eigenvalue weighted by Crippen LogP contribution is 2.21. The topological polar surface area (TPSA) is 29.3 Å². The summed E-state index contributed by atoms with van der Waals surface area (Å²) in [7, 11) is 4.05.